The molecule has 1 heterocycles. The molecule has 2 atom stereocenters. The molecule has 0 amide bonds. The van der Waals surface area contributed by atoms with Gasteiger partial charge in [0.05, 0.1) is 12.7 Å². The van der Waals surface area contributed by atoms with Crippen LogP contribution in [0.4, 0.5) is 0 Å². The first-order valence-corrected chi connectivity index (χ1v) is 2.56. The van der Waals surface area contributed by atoms with E-state index >= 15 is 0 Å². The average molecular weight is 102 g/mol. The molecular weight excluding hydrogens is 92.1 g/mol. The highest BCUT2D eigenvalue weighted by molar-refractivity contribution is 4.54. The summed E-state index contributed by atoms with van der Waals surface area (Å²) < 4.78 is 10.2. The smallest absolute Gasteiger partial charge is 0.155 e. The summed E-state index contributed by atoms with van der Waals surface area (Å²) in [5, 5.41) is 0. The van der Waals surface area contributed by atoms with E-state index < -0.39 is 0 Å². The van der Waals surface area contributed by atoms with Gasteiger partial charge in [0.1, 0.15) is 0 Å². The second-order valence-corrected chi connectivity index (χ2v) is 1.85. The molecule has 2 unspecified atom stereocenters. The van der Waals surface area contributed by atoms with Gasteiger partial charge in [0, 0.05) is 0 Å². The maximum atomic E-state index is 5.14. The van der Waals surface area contributed by atoms with Crippen molar-refractivity contribution >= 4 is 0 Å². The van der Waals surface area contributed by atoms with Crippen LogP contribution in [0.5, 0.6) is 0 Å². The fraction of sp³-hybridized carbons (Fsp3) is 1.00. The third kappa shape index (κ3) is 1.14. The summed E-state index contributed by atoms with van der Waals surface area (Å²) >= 11 is 0. The van der Waals surface area contributed by atoms with E-state index in [0.29, 0.717) is 6.10 Å². The monoisotopic (exact) mass is 102 g/mol. The molecule has 0 bridgehead atoms. The van der Waals surface area contributed by atoms with Crippen molar-refractivity contribution in [2.24, 2.45) is 0 Å². The second kappa shape index (κ2) is 1.80. The van der Waals surface area contributed by atoms with E-state index in [1.54, 1.807) is 0 Å². The minimum atomic E-state index is 0.0231. The first-order valence-electron chi connectivity index (χ1n) is 2.56. The van der Waals surface area contributed by atoms with Gasteiger partial charge in [0.25, 0.3) is 0 Å². The molecule has 0 N–H and O–H groups in total. The lowest BCUT2D eigenvalue weighted by Crippen LogP contribution is -2.03. The minimum absolute atomic E-state index is 0.0231. The molecule has 7 heavy (non-hydrogen) atoms. The quantitative estimate of drug-likeness (QED) is 0.449. The third-order valence-electron chi connectivity index (χ3n) is 0.990. The normalized spacial score (nSPS) is 42.0. The van der Waals surface area contributed by atoms with E-state index in [-0.39, 0.29) is 6.29 Å². The van der Waals surface area contributed by atoms with Crippen molar-refractivity contribution in [3.8, 4) is 0 Å². The molecule has 1 aliphatic heterocycles. The Morgan fingerprint density at radius 1 is 1.43 bits per heavy atom. The van der Waals surface area contributed by atoms with Gasteiger partial charge in [-0.05, 0) is 13.8 Å². The van der Waals surface area contributed by atoms with Crippen molar-refractivity contribution in [2.45, 2.75) is 26.2 Å². The maximum absolute atomic E-state index is 5.14. The van der Waals surface area contributed by atoms with Crippen molar-refractivity contribution in [2.75, 3.05) is 6.61 Å². The van der Waals surface area contributed by atoms with Gasteiger partial charge >= 0.3 is 0 Å². The predicted octanol–water partition coefficient (Wildman–Crippen LogP) is 0.768. The van der Waals surface area contributed by atoms with Crippen LogP contribution in [-0.2, 0) is 9.47 Å². The van der Waals surface area contributed by atoms with Gasteiger partial charge in [0.2, 0.25) is 0 Å². The molecular formula is C5H10O2. The third-order valence-corrected chi connectivity index (χ3v) is 0.990. The van der Waals surface area contributed by atoms with Crippen molar-refractivity contribution in [1.29, 1.82) is 0 Å². The molecule has 0 aromatic heterocycles. The van der Waals surface area contributed by atoms with Crippen LogP contribution < -0.4 is 0 Å². The zero-order valence-electron chi connectivity index (χ0n) is 4.68. The van der Waals surface area contributed by atoms with Gasteiger partial charge < -0.3 is 9.47 Å². The van der Waals surface area contributed by atoms with E-state index in [2.05, 4.69) is 0 Å². The fourth-order valence-electron chi connectivity index (χ4n) is 0.677. The molecule has 0 radical (unpaired) electrons. The predicted molar refractivity (Wildman–Crippen MR) is 26.0 cm³/mol. The van der Waals surface area contributed by atoms with Crippen LogP contribution >= 0.6 is 0 Å². The average Bonchev–Trinajstić information content (AvgIpc) is 1.87. The minimum Gasteiger partial charge on any atom is -0.350 e. The van der Waals surface area contributed by atoms with Gasteiger partial charge in [0.15, 0.2) is 6.29 Å². The Balaban J connectivity index is 2.26. The summed E-state index contributed by atoms with van der Waals surface area (Å²) in [6.07, 6.45) is 0.324. The zero-order valence-corrected chi connectivity index (χ0v) is 4.68. The van der Waals surface area contributed by atoms with Crippen molar-refractivity contribution < 1.29 is 9.47 Å². The lowest BCUT2D eigenvalue weighted by molar-refractivity contribution is -0.0389. The van der Waals surface area contributed by atoms with E-state index in [9.17, 15) is 0 Å². The molecule has 0 saturated carbocycles. The molecule has 1 aliphatic rings. The highest BCUT2D eigenvalue weighted by Crippen LogP contribution is 2.08. The number of rotatable bonds is 0. The summed E-state index contributed by atoms with van der Waals surface area (Å²) in [5.74, 6) is 0. The van der Waals surface area contributed by atoms with E-state index in [1.165, 1.54) is 0 Å². The molecule has 1 saturated heterocycles. The Morgan fingerprint density at radius 3 is 2.29 bits per heavy atom. The van der Waals surface area contributed by atoms with Gasteiger partial charge in [-0.3, -0.25) is 0 Å². The lowest BCUT2D eigenvalue weighted by atomic mass is 10.5. The van der Waals surface area contributed by atoms with E-state index in [0.717, 1.165) is 6.61 Å². The molecule has 0 aromatic rings. The van der Waals surface area contributed by atoms with E-state index in [4.69, 9.17) is 9.47 Å². The first kappa shape index (κ1) is 5.06. The number of ether oxygens (including phenoxy) is 2. The summed E-state index contributed by atoms with van der Waals surface area (Å²) in [6, 6.07) is 0. The van der Waals surface area contributed by atoms with Gasteiger partial charge in [-0.1, -0.05) is 0 Å². The molecule has 0 aromatic carbocycles. The molecule has 2 nitrogen and oxygen atoms in total. The molecule has 42 valence electrons. The molecule has 0 aliphatic carbocycles. The molecule has 1 fully saturated rings. The van der Waals surface area contributed by atoms with Crippen molar-refractivity contribution in [3.63, 3.8) is 0 Å². The Labute approximate surface area is 43.4 Å². The molecule has 2 heteroatoms. The highest BCUT2D eigenvalue weighted by Gasteiger charge is 2.16. The summed E-state index contributed by atoms with van der Waals surface area (Å²) in [4.78, 5) is 0. The Kier molecular flexibility index (Phi) is 1.30. The van der Waals surface area contributed by atoms with Crippen LogP contribution in [0.2, 0.25) is 0 Å². The summed E-state index contributed by atoms with van der Waals surface area (Å²) in [7, 11) is 0. The largest absolute Gasteiger partial charge is 0.350 e. The molecule has 0 spiro atoms. The topological polar surface area (TPSA) is 18.5 Å². The number of hydrogen-bond donors (Lipinski definition) is 0. The van der Waals surface area contributed by atoms with Crippen LogP contribution in [0.15, 0.2) is 0 Å². The van der Waals surface area contributed by atoms with Crippen LogP contribution in [0.25, 0.3) is 0 Å². The zero-order chi connectivity index (χ0) is 5.28. The van der Waals surface area contributed by atoms with E-state index in [1.807, 2.05) is 13.8 Å². The van der Waals surface area contributed by atoms with Gasteiger partial charge in [-0.2, -0.15) is 0 Å². The van der Waals surface area contributed by atoms with Crippen molar-refractivity contribution in [3.05, 3.63) is 0 Å². The Bertz CT molecular complexity index is 55.1. The summed E-state index contributed by atoms with van der Waals surface area (Å²) in [6.45, 7) is 4.66. The first-order chi connectivity index (χ1) is 3.29. The van der Waals surface area contributed by atoms with Crippen molar-refractivity contribution in [1.82, 2.24) is 0 Å². The SMILES string of the molecule is CC1COC(C)O1. The van der Waals surface area contributed by atoms with Gasteiger partial charge in [-0.25, -0.2) is 0 Å². The summed E-state index contributed by atoms with van der Waals surface area (Å²) in [5.41, 5.74) is 0. The Hall–Kier alpha value is -0.0800. The van der Waals surface area contributed by atoms with Crippen LogP contribution in [0.3, 0.4) is 0 Å². The Morgan fingerprint density at radius 2 is 2.14 bits per heavy atom. The highest BCUT2D eigenvalue weighted by atomic mass is 16.7. The molecule has 1 rings (SSSR count). The maximum Gasteiger partial charge on any atom is 0.155 e. The standard InChI is InChI=1S/C5H10O2/c1-4-3-6-5(2)7-4/h4-5H,3H2,1-2H3. The lowest BCUT2D eigenvalue weighted by Gasteiger charge is -1.98. The van der Waals surface area contributed by atoms with Gasteiger partial charge in [-0.15, -0.1) is 0 Å². The second-order valence-electron chi connectivity index (χ2n) is 1.85. The fourth-order valence-corrected chi connectivity index (χ4v) is 0.677. The van der Waals surface area contributed by atoms with Crippen LogP contribution in [-0.4, -0.2) is 19.0 Å². The van der Waals surface area contributed by atoms with Crippen LogP contribution in [0, 0.1) is 0 Å². The number of hydrogen-bond acceptors (Lipinski definition) is 2. The van der Waals surface area contributed by atoms with Crippen LogP contribution in [0.1, 0.15) is 13.8 Å².